The molecule has 1 heterocycles. The molecule has 0 aliphatic rings. The molecule has 0 aliphatic heterocycles. The maximum Gasteiger partial charge on any atom is 0.349 e. The topological polar surface area (TPSA) is 68.3 Å². The highest BCUT2D eigenvalue weighted by Gasteiger charge is 2.17. The SMILES string of the molecule is CC(=O)N(N)C(=O)n1ccc2cc(Br)ccc21. The Bertz CT molecular complexity index is 606. The van der Waals surface area contributed by atoms with E-state index >= 15 is 0 Å². The highest BCUT2D eigenvalue weighted by Crippen LogP contribution is 2.21. The lowest BCUT2D eigenvalue weighted by Crippen LogP contribution is -2.43. The van der Waals surface area contributed by atoms with Gasteiger partial charge in [0.15, 0.2) is 0 Å². The van der Waals surface area contributed by atoms with Crippen molar-refractivity contribution >= 4 is 38.8 Å². The molecule has 0 atom stereocenters. The van der Waals surface area contributed by atoms with E-state index in [4.69, 9.17) is 5.84 Å². The lowest BCUT2D eigenvalue weighted by atomic mass is 10.2. The number of hydrogen-bond acceptors (Lipinski definition) is 3. The first-order chi connectivity index (χ1) is 8.00. The van der Waals surface area contributed by atoms with Crippen LogP contribution >= 0.6 is 15.9 Å². The number of aromatic nitrogens is 1. The molecule has 1 aromatic heterocycles. The number of nitrogens with zero attached hydrogens (tertiary/aromatic N) is 2. The van der Waals surface area contributed by atoms with Crippen LogP contribution in [0.2, 0.25) is 0 Å². The standard InChI is InChI=1S/C11H10BrN3O2/c1-7(16)15(13)11(17)14-5-4-8-6-9(12)2-3-10(8)14/h2-6H,13H2,1H3. The van der Waals surface area contributed by atoms with E-state index in [1.54, 1.807) is 18.3 Å². The van der Waals surface area contributed by atoms with Gasteiger partial charge in [0.05, 0.1) is 5.52 Å². The van der Waals surface area contributed by atoms with E-state index < -0.39 is 11.9 Å². The van der Waals surface area contributed by atoms with Crippen LogP contribution in [-0.4, -0.2) is 21.5 Å². The summed E-state index contributed by atoms with van der Waals surface area (Å²) in [6.45, 7) is 1.24. The van der Waals surface area contributed by atoms with Gasteiger partial charge < -0.3 is 0 Å². The molecule has 0 saturated carbocycles. The summed E-state index contributed by atoms with van der Waals surface area (Å²) >= 11 is 3.35. The Balaban J connectivity index is 2.50. The van der Waals surface area contributed by atoms with Crippen molar-refractivity contribution in [1.82, 2.24) is 9.58 Å². The van der Waals surface area contributed by atoms with Gasteiger partial charge in [0.1, 0.15) is 0 Å². The number of carbonyl (C=O) groups excluding carboxylic acids is 2. The number of halogens is 1. The summed E-state index contributed by atoms with van der Waals surface area (Å²) in [7, 11) is 0. The number of hydrazine groups is 1. The van der Waals surface area contributed by atoms with Crippen LogP contribution in [0.3, 0.4) is 0 Å². The van der Waals surface area contributed by atoms with E-state index in [-0.39, 0.29) is 0 Å². The number of carbonyl (C=O) groups is 2. The Morgan fingerprint density at radius 1 is 1.35 bits per heavy atom. The van der Waals surface area contributed by atoms with Crippen molar-refractivity contribution in [2.45, 2.75) is 6.92 Å². The van der Waals surface area contributed by atoms with Crippen molar-refractivity contribution < 1.29 is 9.59 Å². The second-order valence-corrected chi connectivity index (χ2v) is 4.48. The molecule has 0 aliphatic carbocycles. The third-order valence-corrected chi connectivity index (χ3v) is 2.90. The van der Waals surface area contributed by atoms with Crippen LogP contribution in [-0.2, 0) is 4.79 Å². The monoisotopic (exact) mass is 295 g/mol. The summed E-state index contributed by atoms with van der Waals surface area (Å²) in [6, 6.07) is 6.70. The van der Waals surface area contributed by atoms with E-state index in [9.17, 15) is 9.59 Å². The van der Waals surface area contributed by atoms with Gasteiger partial charge >= 0.3 is 6.03 Å². The Kier molecular flexibility index (Phi) is 2.99. The number of imide groups is 1. The minimum Gasteiger partial charge on any atom is -0.273 e. The van der Waals surface area contributed by atoms with Crippen molar-refractivity contribution in [3.63, 3.8) is 0 Å². The zero-order valence-electron chi connectivity index (χ0n) is 9.05. The molecule has 1 aromatic carbocycles. The van der Waals surface area contributed by atoms with E-state index in [2.05, 4.69) is 15.9 Å². The quantitative estimate of drug-likeness (QED) is 0.460. The van der Waals surface area contributed by atoms with Gasteiger partial charge in [-0.25, -0.2) is 10.6 Å². The molecule has 5 nitrogen and oxygen atoms in total. The molecule has 6 heteroatoms. The molecule has 88 valence electrons. The number of rotatable bonds is 0. The predicted octanol–water partition coefficient (Wildman–Crippen LogP) is 2.09. The van der Waals surface area contributed by atoms with Crippen LogP contribution in [0, 0.1) is 0 Å². The predicted molar refractivity (Wildman–Crippen MR) is 67.1 cm³/mol. The third kappa shape index (κ3) is 2.09. The molecular formula is C11H10BrN3O2. The van der Waals surface area contributed by atoms with E-state index in [1.165, 1.54) is 11.5 Å². The fourth-order valence-corrected chi connectivity index (χ4v) is 1.91. The second kappa shape index (κ2) is 4.31. The highest BCUT2D eigenvalue weighted by molar-refractivity contribution is 9.10. The molecule has 2 N–H and O–H groups in total. The Hall–Kier alpha value is -1.66. The average molecular weight is 296 g/mol. The fourth-order valence-electron chi connectivity index (χ4n) is 1.53. The summed E-state index contributed by atoms with van der Waals surface area (Å²) in [5.74, 6) is 4.87. The van der Waals surface area contributed by atoms with Crippen molar-refractivity contribution in [3.05, 3.63) is 34.9 Å². The number of fused-ring (bicyclic) bond motifs is 1. The van der Waals surface area contributed by atoms with Crippen LogP contribution in [0.25, 0.3) is 10.9 Å². The van der Waals surface area contributed by atoms with Crippen molar-refractivity contribution in [2.24, 2.45) is 5.84 Å². The van der Waals surface area contributed by atoms with Crippen molar-refractivity contribution in [2.75, 3.05) is 0 Å². The van der Waals surface area contributed by atoms with Crippen LogP contribution in [0.1, 0.15) is 6.92 Å². The Labute approximate surface area is 106 Å². The maximum absolute atomic E-state index is 11.9. The first kappa shape index (κ1) is 11.8. The molecular weight excluding hydrogens is 286 g/mol. The summed E-state index contributed by atoms with van der Waals surface area (Å²) < 4.78 is 2.26. The van der Waals surface area contributed by atoms with Gasteiger partial charge in [-0.05, 0) is 24.3 Å². The Morgan fingerprint density at radius 2 is 2.06 bits per heavy atom. The minimum absolute atomic E-state index is 0.506. The smallest absolute Gasteiger partial charge is 0.273 e. The second-order valence-electron chi connectivity index (χ2n) is 3.56. The van der Waals surface area contributed by atoms with Gasteiger partial charge in [0.2, 0.25) is 5.91 Å². The molecule has 2 amide bonds. The Morgan fingerprint density at radius 3 is 2.71 bits per heavy atom. The van der Waals surface area contributed by atoms with Crippen molar-refractivity contribution in [1.29, 1.82) is 0 Å². The molecule has 17 heavy (non-hydrogen) atoms. The molecule has 2 rings (SSSR count). The summed E-state index contributed by atoms with van der Waals surface area (Å²) in [4.78, 5) is 22.9. The lowest BCUT2D eigenvalue weighted by Gasteiger charge is -2.13. The van der Waals surface area contributed by atoms with Crippen LogP contribution in [0.15, 0.2) is 34.9 Å². The van der Waals surface area contributed by atoms with Crippen molar-refractivity contribution in [3.8, 4) is 0 Å². The first-order valence-electron chi connectivity index (χ1n) is 4.87. The highest BCUT2D eigenvalue weighted by atomic mass is 79.9. The minimum atomic E-state index is -0.574. The van der Waals surface area contributed by atoms with E-state index in [0.29, 0.717) is 10.5 Å². The zero-order chi connectivity index (χ0) is 12.6. The van der Waals surface area contributed by atoms with Gasteiger partial charge in [-0.1, -0.05) is 15.9 Å². The van der Waals surface area contributed by atoms with Gasteiger partial charge in [0.25, 0.3) is 0 Å². The fraction of sp³-hybridized carbons (Fsp3) is 0.0909. The largest absolute Gasteiger partial charge is 0.349 e. The molecule has 0 radical (unpaired) electrons. The number of hydrogen-bond donors (Lipinski definition) is 1. The summed E-state index contributed by atoms with van der Waals surface area (Å²) in [5.41, 5.74) is 0.704. The van der Waals surface area contributed by atoms with Crippen LogP contribution < -0.4 is 5.84 Å². The molecule has 0 fully saturated rings. The van der Waals surface area contributed by atoms with Crippen LogP contribution in [0.5, 0.6) is 0 Å². The van der Waals surface area contributed by atoms with E-state index in [1.807, 2.05) is 12.1 Å². The van der Waals surface area contributed by atoms with Gasteiger partial charge in [-0.3, -0.25) is 9.36 Å². The number of amides is 2. The van der Waals surface area contributed by atoms with Crippen LogP contribution in [0.4, 0.5) is 4.79 Å². The average Bonchev–Trinajstić information content (AvgIpc) is 2.69. The lowest BCUT2D eigenvalue weighted by molar-refractivity contribution is -0.126. The molecule has 0 saturated heterocycles. The third-order valence-electron chi connectivity index (χ3n) is 2.40. The number of benzene rings is 1. The van der Waals surface area contributed by atoms with E-state index in [0.717, 1.165) is 9.86 Å². The van der Waals surface area contributed by atoms with Gasteiger partial charge in [-0.2, -0.15) is 5.01 Å². The first-order valence-corrected chi connectivity index (χ1v) is 5.66. The number of nitrogens with two attached hydrogens (primary N) is 1. The molecule has 2 aromatic rings. The molecule has 0 bridgehead atoms. The summed E-state index contributed by atoms with van der Waals surface area (Å²) in [6.07, 6.45) is 1.59. The normalized spacial score (nSPS) is 10.5. The van der Waals surface area contributed by atoms with Gasteiger partial charge in [-0.15, -0.1) is 0 Å². The molecule has 0 spiro atoms. The zero-order valence-corrected chi connectivity index (χ0v) is 10.6. The maximum atomic E-state index is 11.9. The van der Waals surface area contributed by atoms with Gasteiger partial charge in [0, 0.05) is 23.0 Å². The summed E-state index contributed by atoms with van der Waals surface area (Å²) in [5, 5.41) is 1.48. The molecule has 0 unspecified atom stereocenters.